The molecule has 2 aromatic rings. The molecule has 2 heteroatoms. The molecule has 2 rings (SSSR count). The maximum atomic E-state index is 3.57. The van der Waals surface area contributed by atoms with Crippen molar-refractivity contribution in [3.63, 3.8) is 0 Å². The van der Waals surface area contributed by atoms with Gasteiger partial charge in [-0.25, -0.2) is 0 Å². The summed E-state index contributed by atoms with van der Waals surface area (Å²) >= 11 is 0. The normalized spacial score (nSPS) is 11.9. The van der Waals surface area contributed by atoms with E-state index in [0.717, 1.165) is 25.9 Å². The fraction of sp³-hybridized carbons (Fsp3) is 0.500. The van der Waals surface area contributed by atoms with E-state index < -0.39 is 0 Å². The molecule has 144 valence electrons. The summed E-state index contributed by atoms with van der Waals surface area (Å²) in [5, 5.41) is 3.57. The Morgan fingerprint density at radius 1 is 0.577 bits per heavy atom. The van der Waals surface area contributed by atoms with Crippen LogP contribution in [0.25, 0.3) is 0 Å². The second-order valence-electron chi connectivity index (χ2n) is 9.14. The topological polar surface area (TPSA) is 12.0 Å². The lowest BCUT2D eigenvalue weighted by molar-refractivity contribution is 0.589. The monoisotopic (exact) mass is 373 g/mol. The van der Waals surface area contributed by atoms with Crippen LogP contribution in [0, 0.1) is 0 Å². The van der Waals surface area contributed by atoms with Gasteiger partial charge in [-0.3, -0.25) is 0 Å². The Morgan fingerprint density at radius 3 is 1.15 bits per heavy atom. The first-order valence-corrected chi connectivity index (χ1v) is 9.56. The Hall–Kier alpha value is -1.31. The maximum absolute atomic E-state index is 3.57. The van der Waals surface area contributed by atoms with E-state index in [2.05, 4.69) is 95.4 Å². The molecule has 0 fully saturated rings. The largest absolute Gasteiger partial charge is 0.316 e. The predicted octanol–water partition coefficient (Wildman–Crippen LogP) is 6.08. The minimum Gasteiger partial charge on any atom is -0.316 e. The van der Waals surface area contributed by atoms with Gasteiger partial charge in [0.15, 0.2) is 0 Å². The number of hydrogen-bond acceptors (Lipinski definition) is 1. The summed E-state index contributed by atoms with van der Waals surface area (Å²) in [6, 6.07) is 18.2. The summed E-state index contributed by atoms with van der Waals surface area (Å²) in [4.78, 5) is 0. The number of nitrogens with one attached hydrogen (secondary N) is 1. The fourth-order valence-corrected chi connectivity index (χ4v) is 2.93. The number of rotatable bonds is 6. The average Bonchev–Trinajstić information content (AvgIpc) is 2.54. The average molecular weight is 374 g/mol. The van der Waals surface area contributed by atoms with Crippen LogP contribution in [0.2, 0.25) is 0 Å². The molecular weight excluding hydrogens is 338 g/mol. The van der Waals surface area contributed by atoms with E-state index in [-0.39, 0.29) is 23.2 Å². The van der Waals surface area contributed by atoms with E-state index in [1.807, 2.05) is 0 Å². The number of benzene rings is 2. The van der Waals surface area contributed by atoms with Crippen molar-refractivity contribution in [2.75, 3.05) is 13.1 Å². The SMILES string of the molecule is CC(C)(C)c1ccc(CCNCCc2ccc(C(C)(C)C)cc2)cc1.Cl. The Labute approximate surface area is 167 Å². The lowest BCUT2D eigenvalue weighted by Crippen LogP contribution is -2.20. The molecule has 26 heavy (non-hydrogen) atoms. The van der Waals surface area contributed by atoms with E-state index in [0.29, 0.717) is 0 Å². The van der Waals surface area contributed by atoms with E-state index in [1.165, 1.54) is 22.3 Å². The van der Waals surface area contributed by atoms with Gasteiger partial charge in [0.1, 0.15) is 0 Å². The Bertz CT molecular complexity index is 583. The Kier molecular flexibility index (Phi) is 8.37. The van der Waals surface area contributed by atoms with Gasteiger partial charge in [0.25, 0.3) is 0 Å². The predicted molar refractivity (Wildman–Crippen MR) is 118 cm³/mol. The van der Waals surface area contributed by atoms with Gasteiger partial charge < -0.3 is 5.32 Å². The molecule has 0 saturated heterocycles. The Morgan fingerprint density at radius 2 is 0.885 bits per heavy atom. The first kappa shape index (κ1) is 22.7. The van der Waals surface area contributed by atoms with Gasteiger partial charge in [0.05, 0.1) is 0 Å². The molecule has 0 amide bonds. The number of halogens is 1. The van der Waals surface area contributed by atoms with Crippen molar-refractivity contribution in [2.45, 2.75) is 65.2 Å². The van der Waals surface area contributed by atoms with Crippen LogP contribution in [0.5, 0.6) is 0 Å². The smallest absolute Gasteiger partial charge is 0.000822 e. The molecule has 0 aliphatic heterocycles. The molecule has 0 heterocycles. The van der Waals surface area contributed by atoms with Crippen LogP contribution >= 0.6 is 12.4 Å². The minimum absolute atomic E-state index is 0. The van der Waals surface area contributed by atoms with Crippen molar-refractivity contribution in [3.05, 3.63) is 70.8 Å². The molecule has 0 unspecified atom stereocenters. The molecule has 1 nitrogen and oxygen atoms in total. The number of hydrogen-bond donors (Lipinski definition) is 1. The summed E-state index contributed by atoms with van der Waals surface area (Å²) in [5.41, 5.74) is 6.11. The van der Waals surface area contributed by atoms with Crippen LogP contribution in [0.1, 0.15) is 63.8 Å². The van der Waals surface area contributed by atoms with E-state index in [4.69, 9.17) is 0 Å². The highest BCUT2D eigenvalue weighted by Crippen LogP contribution is 2.23. The van der Waals surface area contributed by atoms with Crippen LogP contribution in [0.15, 0.2) is 48.5 Å². The van der Waals surface area contributed by atoms with Gasteiger partial charge in [-0.15, -0.1) is 12.4 Å². The molecule has 1 N–H and O–H groups in total. The summed E-state index contributed by atoms with van der Waals surface area (Å²) in [7, 11) is 0. The molecule has 0 radical (unpaired) electrons. The second kappa shape index (κ2) is 9.58. The zero-order valence-electron chi connectivity index (χ0n) is 17.4. The van der Waals surface area contributed by atoms with Gasteiger partial charge >= 0.3 is 0 Å². The first-order chi connectivity index (χ1) is 11.7. The summed E-state index contributed by atoms with van der Waals surface area (Å²) in [6.07, 6.45) is 2.18. The van der Waals surface area contributed by atoms with Crippen LogP contribution in [0.3, 0.4) is 0 Å². The van der Waals surface area contributed by atoms with Crippen molar-refractivity contribution in [3.8, 4) is 0 Å². The lowest BCUT2D eigenvalue weighted by Gasteiger charge is -2.19. The van der Waals surface area contributed by atoms with E-state index in [9.17, 15) is 0 Å². The Balaban J connectivity index is 0.00000338. The van der Waals surface area contributed by atoms with Crippen molar-refractivity contribution < 1.29 is 0 Å². The summed E-state index contributed by atoms with van der Waals surface area (Å²) < 4.78 is 0. The van der Waals surface area contributed by atoms with Crippen LogP contribution < -0.4 is 5.32 Å². The molecule has 0 spiro atoms. The van der Waals surface area contributed by atoms with Crippen molar-refractivity contribution in [1.82, 2.24) is 5.32 Å². The van der Waals surface area contributed by atoms with Crippen molar-refractivity contribution >= 4 is 12.4 Å². The second-order valence-corrected chi connectivity index (χ2v) is 9.14. The minimum atomic E-state index is 0. The quantitative estimate of drug-likeness (QED) is 0.605. The highest BCUT2D eigenvalue weighted by Gasteiger charge is 2.13. The van der Waals surface area contributed by atoms with E-state index in [1.54, 1.807) is 0 Å². The first-order valence-electron chi connectivity index (χ1n) is 9.56. The summed E-state index contributed by atoms with van der Waals surface area (Å²) in [5.74, 6) is 0. The highest BCUT2D eigenvalue weighted by molar-refractivity contribution is 5.85. The van der Waals surface area contributed by atoms with E-state index >= 15 is 0 Å². The zero-order chi connectivity index (χ0) is 18.5. The van der Waals surface area contributed by atoms with Crippen molar-refractivity contribution in [1.29, 1.82) is 0 Å². The molecule has 0 aliphatic rings. The van der Waals surface area contributed by atoms with Gasteiger partial charge in [0.2, 0.25) is 0 Å². The third kappa shape index (κ3) is 7.13. The highest BCUT2D eigenvalue weighted by atomic mass is 35.5. The van der Waals surface area contributed by atoms with Crippen LogP contribution in [0.4, 0.5) is 0 Å². The molecule has 2 aromatic carbocycles. The van der Waals surface area contributed by atoms with Gasteiger partial charge in [0, 0.05) is 0 Å². The fourth-order valence-electron chi connectivity index (χ4n) is 2.93. The third-order valence-electron chi connectivity index (χ3n) is 4.82. The van der Waals surface area contributed by atoms with Crippen LogP contribution in [-0.4, -0.2) is 13.1 Å². The third-order valence-corrected chi connectivity index (χ3v) is 4.82. The molecule has 0 aromatic heterocycles. The molecule has 0 saturated carbocycles. The summed E-state index contributed by atoms with van der Waals surface area (Å²) in [6.45, 7) is 15.6. The van der Waals surface area contributed by atoms with Gasteiger partial charge in [-0.1, -0.05) is 90.1 Å². The molecular formula is C24H36ClN. The zero-order valence-corrected chi connectivity index (χ0v) is 18.2. The standard InChI is InChI=1S/C24H35N.ClH/c1-23(2,3)21-11-7-19(8-12-21)15-17-25-18-16-20-9-13-22(14-10-20)24(4,5)6;/h7-14,25H,15-18H2,1-6H3;1H. The van der Waals surface area contributed by atoms with Gasteiger partial charge in [-0.05, 0) is 59.0 Å². The lowest BCUT2D eigenvalue weighted by atomic mass is 9.86. The van der Waals surface area contributed by atoms with Crippen molar-refractivity contribution in [2.24, 2.45) is 0 Å². The van der Waals surface area contributed by atoms with Crippen LogP contribution in [-0.2, 0) is 23.7 Å². The maximum Gasteiger partial charge on any atom is -0.000822 e. The molecule has 0 aliphatic carbocycles. The van der Waals surface area contributed by atoms with Gasteiger partial charge in [-0.2, -0.15) is 0 Å². The molecule has 0 bridgehead atoms. The molecule has 0 atom stereocenters.